The molecule has 1 fully saturated rings. The lowest BCUT2D eigenvalue weighted by Gasteiger charge is -2.49. The van der Waals surface area contributed by atoms with Crippen molar-refractivity contribution in [2.75, 3.05) is 6.54 Å². The second kappa shape index (κ2) is 4.43. The van der Waals surface area contributed by atoms with Gasteiger partial charge in [-0.3, -0.25) is 0 Å². The normalized spacial score (nSPS) is 35.5. The zero-order valence-corrected chi connectivity index (χ0v) is 8.92. The largest absolute Gasteiger partial charge is 0.393 e. The van der Waals surface area contributed by atoms with E-state index >= 15 is 0 Å². The van der Waals surface area contributed by atoms with Crippen LogP contribution in [0.5, 0.6) is 0 Å². The third-order valence-electron chi connectivity index (χ3n) is 3.45. The summed E-state index contributed by atoms with van der Waals surface area (Å²) in [4.78, 5) is 0. The molecule has 2 nitrogen and oxygen atoms in total. The van der Waals surface area contributed by atoms with E-state index in [4.69, 9.17) is 5.73 Å². The van der Waals surface area contributed by atoms with Gasteiger partial charge in [-0.05, 0) is 25.2 Å². The number of hydrogen-bond acceptors (Lipinski definition) is 2. The van der Waals surface area contributed by atoms with Gasteiger partial charge in [-0.2, -0.15) is 0 Å². The third-order valence-corrected chi connectivity index (χ3v) is 3.45. The smallest absolute Gasteiger partial charge is 0.0608 e. The fourth-order valence-corrected chi connectivity index (χ4v) is 2.61. The molecule has 0 saturated heterocycles. The summed E-state index contributed by atoms with van der Waals surface area (Å²) in [6.07, 6.45) is 5.29. The van der Waals surface area contributed by atoms with Gasteiger partial charge in [0.15, 0.2) is 0 Å². The highest BCUT2D eigenvalue weighted by Gasteiger charge is 2.45. The van der Waals surface area contributed by atoms with Gasteiger partial charge in [-0.25, -0.2) is 0 Å². The zero-order chi connectivity index (χ0) is 9.90. The monoisotopic (exact) mass is 185 g/mol. The van der Waals surface area contributed by atoms with Crippen molar-refractivity contribution in [1.82, 2.24) is 0 Å². The van der Waals surface area contributed by atoms with Crippen molar-refractivity contribution in [2.24, 2.45) is 17.1 Å². The summed E-state index contributed by atoms with van der Waals surface area (Å²) < 4.78 is 0. The number of hydrogen-bond donors (Lipinski definition) is 2. The van der Waals surface area contributed by atoms with E-state index in [9.17, 15) is 5.11 Å². The highest BCUT2D eigenvalue weighted by atomic mass is 16.3. The van der Waals surface area contributed by atoms with Crippen LogP contribution < -0.4 is 5.73 Å². The molecule has 0 heterocycles. The van der Waals surface area contributed by atoms with Crippen LogP contribution in [0, 0.1) is 11.3 Å². The molecule has 3 N–H and O–H groups in total. The lowest BCUT2D eigenvalue weighted by atomic mass is 9.59. The minimum atomic E-state index is -0.159. The summed E-state index contributed by atoms with van der Waals surface area (Å²) in [5, 5.41) is 9.99. The van der Waals surface area contributed by atoms with Gasteiger partial charge < -0.3 is 10.8 Å². The van der Waals surface area contributed by atoms with Crippen LogP contribution >= 0.6 is 0 Å². The molecule has 0 aliphatic heterocycles. The van der Waals surface area contributed by atoms with Crippen LogP contribution in [-0.2, 0) is 0 Å². The van der Waals surface area contributed by atoms with Crippen molar-refractivity contribution in [3.8, 4) is 0 Å². The van der Waals surface area contributed by atoms with E-state index < -0.39 is 0 Å². The molecule has 1 aliphatic carbocycles. The van der Waals surface area contributed by atoms with Crippen molar-refractivity contribution >= 4 is 0 Å². The predicted molar refractivity (Wildman–Crippen MR) is 55.4 cm³/mol. The van der Waals surface area contributed by atoms with Crippen molar-refractivity contribution in [2.45, 2.75) is 52.1 Å². The van der Waals surface area contributed by atoms with Gasteiger partial charge >= 0.3 is 0 Å². The first-order chi connectivity index (χ1) is 6.14. The van der Waals surface area contributed by atoms with E-state index in [1.165, 1.54) is 0 Å². The average Bonchev–Trinajstić information content (AvgIpc) is 2.08. The Hall–Kier alpha value is -0.0800. The Kier molecular flexibility index (Phi) is 3.74. The van der Waals surface area contributed by atoms with Crippen molar-refractivity contribution in [3.63, 3.8) is 0 Å². The highest BCUT2D eigenvalue weighted by molar-refractivity contribution is 4.97. The van der Waals surface area contributed by atoms with E-state index in [0.29, 0.717) is 6.54 Å². The van der Waals surface area contributed by atoms with Gasteiger partial charge in [0.25, 0.3) is 0 Å². The second-order valence-electron chi connectivity index (χ2n) is 4.74. The van der Waals surface area contributed by atoms with E-state index in [2.05, 4.69) is 13.8 Å². The number of unbranched alkanes of at least 4 members (excludes halogenated alkanes) is 1. The topological polar surface area (TPSA) is 46.2 Å². The molecule has 1 atom stereocenters. The maximum absolute atomic E-state index is 9.99. The number of rotatable bonds is 5. The number of aliphatic hydroxyl groups excluding tert-OH is 1. The Morgan fingerprint density at radius 1 is 1.54 bits per heavy atom. The first kappa shape index (κ1) is 11.0. The molecule has 0 spiro atoms. The average molecular weight is 185 g/mol. The molecular formula is C11H23NO. The second-order valence-corrected chi connectivity index (χ2v) is 4.74. The molecule has 78 valence electrons. The van der Waals surface area contributed by atoms with Gasteiger partial charge in [-0.15, -0.1) is 0 Å². The molecule has 1 rings (SSSR count). The summed E-state index contributed by atoms with van der Waals surface area (Å²) in [6, 6.07) is 0. The fourth-order valence-electron chi connectivity index (χ4n) is 2.61. The van der Waals surface area contributed by atoms with Crippen molar-refractivity contribution in [1.29, 1.82) is 0 Å². The molecule has 0 amide bonds. The summed E-state index contributed by atoms with van der Waals surface area (Å²) in [5.74, 6) is 0.764. The van der Waals surface area contributed by atoms with Crippen LogP contribution in [0.25, 0.3) is 0 Å². The Morgan fingerprint density at radius 2 is 2.15 bits per heavy atom. The maximum Gasteiger partial charge on any atom is 0.0608 e. The van der Waals surface area contributed by atoms with Crippen LogP contribution in [0.1, 0.15) is 46.0 Å². The first-order valence-corrected chi connectivity index (χ1v) is 5.52. The van der Waals surface area contributed by atoms with E-state index in [0.717, 1.165) is 38.0 Å². The Bertz CT molecular complexity index is 152. The quantitative estimate of drug-likeness (QED) is 0.687. The van der Waals surface area contributed by atoms with Crippen LogP contribution in [-0.4, -0.2) is 17.8 Å². The molecule has 2 heteroatoms. The fraction of sp³-hybridized carbons (Fsp3) is 1.00. The SMILES string of the molecule is CCCCC(O)C1(CN)CC(C)C1. The van der Waals surface area contributed by atoms with E-state index in [1.54, 1.807) is 0 Å². The predicted octanol–water partition coefficient (Wildman–Crippen LogP) is 1.91. The molecule has 1 unspecified atom stereocenters. The summed E-state index contributed by atoms with van der Waals surface area (Å²) in [5.41, 5.74) is 5.82. The molecule has 0 aromatic heterocycles. The van der Waals surface area contributed by atoms with E-state index in [-0.39, 0.29) is 11.5 Å². The number of nitrogens with two attached hydrogens (primary N) is 1. The molecule has 0 aromatic carbocycles. The molecule has 13 heavy (non-hydrogen) atoms. The standard InChI is InChI=1S/C11H23NO/c1-3-4-5-10(13)11(8-12)6-9(2)7-11/h9-10,13H,3-8,12H2,1-2H3. The van der Waals surface area contributed by atoms with Gasteiger partial charge in [0.2, 0.25) is 0 Å². The van der Waals surface area contributed by atoms with Crippen LogP contribution in [0.3, 0.4) is 0 Å². The summed E-state index contributed by atoms with van der Waals surface area (Å²) >= 11 is 0. The third kappa shape index (κ3) is 2.23. The Morgan fingerprint density at radius 3 is 2.54 bits per heavy atom. The first-order valence-electron chi connectivity index (χ1n) is 5.52. The van der Waals surface area contributed by atoms with Gasteiger partial charge in [-0.1, -0.05) is 26.7 Å². The van der Waals surface area contributed by atoms with Crippen molar-refractivity contribution in [3.05, 3.63) is 0 Å². The van der Waals surface area contributed by atoms with Gasteiger partial charge in [0.05, 0.1) is 6.10 Å². The lowest BCUT2D eigenvalue weighted by Crippen LogP contribution is -2.50. The minimum Gasteiger partial charge on any atom is -0.393 e. The minimum absolute atomic E-state index is 0.0780. The molecule has 1 aliphatic rings. The zero-order valence-electron chi connectivity index (χ0n) is 8.92. The number of aliphatic hydroxyl groups is 1. The van der Waals surface area contributed by atoms with Gasteiger partial charge in [0, 0.05) is 12.0 Å². The summed E-state index contributed by atoms with van der Waals surface area (Å²) in [7, 11) is 0. The Labute approximate surface area is 81.5 Å². The van der Waals surface area contributed by atoms with Crippen LogP contribution in [0.15, 0.2) is 0 Å². The maximum atomic E-state index is 9.99. The van der Waals surface area contributed by atoms with Crippen molar-refractivity contribution < 1.29 is 5.11 Å². The van der Waals surface area contributed by atoms with E-state index in [1.807, 2.05) is 0 Å². The lowest BCUT2D eigenvalue weighted by molar-refractivity contribution is -0.0622. The Balaban J connectivity index is 2.38. The molecule has 0 radical (unpaired) electrons. The van der Waals surface area contributed by atoms with Gasteiger partial charge in [0.1, 0.15) is 0 Å². The molecule has 0 aromatic rings. The molecule has 1 saturated carbocycles. The molecule has 0 bridgehead atoms. The molecular weight excluding hydrogens is 162 g/mol. The highest BCUT2D eigenvalue weighted by Crippen LogP contribution is 2.48. The van der Waals surface area contributed by atoms with Crippen LogP contribution in [0.4, 0.5) is 0 Å². The van der Waals surface area contributed by atoms with Crippen LogP contribution in [0.2, 0.25) is 0 Å². The summed E-state index contributed by atoms with van der Waals surface area (Å²) in [6.45, 7) is 5.05.